The molecule has 0 aliphatic rings. The second kappa shape index (κ2) is 19.4. The van der Waals surface area contributed by atoms with Crippen LogP contribution in [0.1, 0.15) is 117 Å². The number of hydrogen-bond donors (Lipinski definition) is 1. The summed E-state index contributed by atoms with van der Waals surface area (Å²) in [4.78, 5) is 21.7. The Morgan fingerprint density at radius 1 is 0.852 bits per heavy atom. The number of unbranched alkanes of at least 4 members (excludes halogenated alkanes) is 12. The first kappa shape index (κ1) is 25.7. The van der Waals surface area contributed by atoms with Gasteiger partial charge < -0.3 is 9.84 Å². The summed E-state index contributed by atoms with van der Waals surface area (Å²) < 4.78 is 5.40. The van der Waals surface area contributed by atoms with Gasteiger partial charge in [-0.15, -0.1) is 0 Å². The van der Waals surface area contributed by atoms with E-state index in [9.17, 15) is 9.59 Å². The number of carbonyl (C=O) groups excluding carboxylic acids is 1. The summed E-state index contributed by atoms with van der Waals surface area (Å²) in [5.41, 5.74) is 0. The number of carboxylic acid groups (broad SMARTS) is 1. The van der Waals surface area contributed by atoms with Gasteiger partial charge in [-0.1, -0.05) is 77.2 Å². The molecular weight excluding hydrogens is 340 g/mol. The maximum Gasteiger partial charge on any atom is 0.303 e. The number of ether oxygens (including phenoxy) is 1. The van der Waals surface area contributed by atoms with Crippen LogP contribution in [0.15, 0.2) is 12.2 Å². The lowest BCUT2D eigenvalue weighted by Gasteiger charge is -2.13. The van der Waals surface area contributed by atoms with Crippen LogP contribution in [0.5, 0.6) is 0 Å². The SMILES string of the molecule is CCCCCCCCC/C=C\C(CCCCCCCCC(=O)O)OC(C)=O. The van der Waals surface area contributed by atoms with Crippen LogP contribution in [0.3, 0.4) is 0 Å². The molecule has 0 rings (SSSR count). The summed E-state index contributed by atoms with van der Waals surface area (Å²) in [6.45, 7) is 3.71. The van der Waals surface area contributed by atoms with Crippen molar-refractivity contribution in [1.29, 1.82) is 0 Å². The zero-order chi connectivity index (χ0) is 20.2. The number of carbonyl (C=O) groups is 2. The molecule has 0 bridgehead atoms. The quantitative estimate of drug-likeness (QED) is 0.151. The number of allylic oxidation sites excluding steroid dienone is 1. The Morgan fingerprint density at radius 3 is 2.00 bits per heavy atom. The molecule has 4 nitrogen and oxygen atoms in total. The minimum absolute atomic E-state index is 0.0981. The van der Waals surface area contributed by atoms with Gasteiger partial charge in [-0.25, -0.2) is 0 Å². The Morgan fingerprint density at radius 2 is 1.41 bits per heavy atom. The van der Waals surface area contributed by atoms with Crippen LogP contribution in [-0.2, 0) is 14.3 Å². The zero-order valence-corrected chi connectivity index (χ0v) is 17.7. The van der Waals surface area contributed by atoms with Crippen molar-refractivity contribution in [2.24, 2.45) is 0 Å². The molecule has 0 aliphatic carbocycles. The molecule has 0 saturated carbocycles. The van der Waals surface area contributed by atoms with Crippen molar-refractivity contribution in [3.8, 4) is 0 Å². The third-order valence-corrected chi connectivity index (χ3v) is 4.77. The van der Waals surface area contributed by atoms with E-state index in [4.69, 9.17) is 9.84 Å². The third-order valence-electron chi connectivity index (χ3n) is 4.77. The molecule has 0 aromatic carbocycles. The van der Waals surface area contributed by atoms with Crippen molar-refractivity contribution in [3.63, 3.8) is 0 Å². The first-order valence-electron chi connectivity index (χ1n) is 11.1. The van der Waals surface area contributed by atoms with E-state index in [2.05, 4.69) is 19.1 Å². The number of rotatable bonds is 19. The maximum atomic E-state index is 11.3. The summed E-state index contributed by atoms with van der Waals surface area (Å²) in [6.07, 6.45) is 21.6. The van der Waals surface area contributed by atoms with Crippen LogP contribution >= 0.6 is 0 Å². The summed E-state index contributed by atoms with van der Waals surface area (Å²) >= 11 is 0. The molecule has 158 valence electrons. The van der Waals surface area contributed by atoms with E-state index in [0.29, 0.717) is 0 Å². The summed E-state index contributed by atoms with van der Waals surface area (Å²) in [5, 5.41) is 8.60. The van der Waals surface area contributed by atoms with Gasteiger partial charge in [-0.05, 0) is 38.2 Å². The average Bonchev–Trinajstić information content (AvgIpc) is 2.61. The van der Waals surface area contributed by atoms with Crippen molar-refractivity contribution in [2.75, 3.05) is 0 Å². The van der Waals surface area contributed by atoms with Crippen molar-refractivity contribution < 1.29 is 19.4 Å². The normalized spacial score (nSPS) is 12.4. The molecule has 1 unspecified atom stereocenters. The Balaban J connectivity index is 3.74. The number of carboxylic acids is 1. The molecule has 1 N–H and O–H groups in total. The van der Waals surface area contributed by atoms with E-state index in [-0.39, 0.29) is 18.5 Å². The van der Waals surface area contributed by atoms with E-state index >= 15 is 0 Å². The van der Waals surface area contributed by atoms with Crippen LogP contribution in [0, 0.1) is 0 Å². The van der Waals surface area contributed by atoms with Gasteiger partial charge in [0.1, 0.15) is 6.10 Å². The molecule has 1 atom stereocenters. The molecule has 0 spiro atoms. The smallest absolute Gasteiger partial charge is 0.303 e. The van der Waals surface area contributed by atoms with E-state index in [1.807, 2.05) is 0 Å². The highest BCUT2D eigenvalue weighted by Gasteiger charge is 2.07. The third kappa shape index (κ3) is 20.8. The lowest BCUT2D eigenvalue weighted by atomic mass is 10.0. The Kier molecular flexibility index (Phi) is 18.5. The molecule has 0 aliphatic heterocycles. The Bertz CT molecular complexity index is 390. The molecular formula is C23H42O4. The second-order valence-corrected chi connectivity index (χ2v) is 7.54. The van der Waals surface area contributed by atoms with Crippen LogP contribution < -0.4 is 0 Å². The summed E-state index contributed by atoms with van der Waals surface area (Å²) in [5.74, 6) is -0.920. The fourth-order valence-electron chi connectivity index (χ4n) is 3.20. The van der Waals surface area contributed by atoms with E-state index in [1.165, 1.54) is 51.9 Å². The zero-order valence-electron chi connectivity index (χ0n) is 17.7. The second-order valence-electron chi connectivity index (χ2n) is 7.54. The lowest BCUT2D eigenvalue weighted by Crippen LogP contribution is -2.13. The predicted octanol–water partition coefficient (Wildman–Crippen LogP) is 6.82. The molecule has 27 heavy (non-hydrogen) atoms. The molecule has 4 heteroatoms. The minimum Gasteiger partial charge on any atom is -0.481 e. The van der Waals surface area contributed by atoms with Gasteiger partial charge in [0.25, 0.3) is 0 Å². The predicted molar refractivity (Wildman–Crippen MR) is 112 cm³/mol. The molecule has 0 aromatic heterocycles. The Hall–Kier alpha value is -1.32. The van der Waals surface area contributed by atoms with Gasteiger partial charge >= 0.3 is 11.9 Å². The highest BCUT2D eigenvalue weighted by molar-refractivity contribution is 5.66. The van der Waals surface area contributed by atoms with E-state index in [0.717, 1.165) is 51.4 Å². The lowest BCUT2D eigenvalue weighted by molar-refractivity contribution is -0.144. The fraction of sp³-hybridized carbons (Fsp3) is 0.826. The average molecular weight is 383 g/mol. The minimum atomic E-state index is -0.706. The number of hydrogen-bond acceptors (Lipinski definition) is 3. The van der Waals surface area contributed by atoms with Crippen molar-refractivity contribution >= 4 is 11.9 Å². The van der Waals surface area contributed by atoms with Crippen molar-refractivity contribution in [1.82, 2.24) is 0 Å². The molecule has 0 radical (unpaired) electrons. The van der Waals surface area contributed by atoms with Crippen LogP contribution in [0.25, 0.3) is 0 Å². The highest BCUT2D eigenvalue weighted by Crippen LogP contribution is 2.14. The molecule has 0 heterocycles. The topological polar surface area (TPSA) is 63.6 Å². The van der Waals surface area contributed by atoms with Crippen LogP contribution in [-0.4, -0.2) is 23.1 Å². The van der Waals surface area contributed by atoms with Crippen LogP contribution in [0.2, 0.25) is 0 Å². The molecule has 0 amide bonds. The van der Waals surface area contributed by atoms with Gasteiger partial charge in [0.05, 0.1) is 0 Å². The van der Waals surface area contributed by atoms with Gasteiger partial charge in [-0.3, -0.25) is 9.59 Å². The van der Waals surface area contributed by atoms with Crippen molar-refractivity contribution in [2.45, 2.75) is 123 Å². The van der Waals surface area contributed by atoms with Crippen molar-refractivity contribution in [3.05, 3.63) is 12.2 Å². The first-order chi connectivity index (χ1) is 13.1. The molecule has 0 fully saturated rings. The number of aliphatic carboxylic acids is 1. The standard InChI is InChI=1S/C23H42O4/c1-3-4-5-6-7-8-9-12-15-18-22(27-21(2)24)19-16-13-10-11-14-17-20-23(25)26/h15,18,22H,3-14,16-17,19-20H2,1-2H3,(H,25,26)/b18-15-. The summed E-state index contributed by atoms with van der Waals surface area (Å²) in [6, 6.07) is 0. The highest BCUT2D eigenvalue weighted by atomic mass is 16.5. The summed E-state index contributed by atoms with van der Waals surface area (Å²) in [7, 11) is 0. The fourth-order valence-corrected chi connectivity index (χ4v) is 3.20. The van der Waals surface area contributed by atoms with Gasteiger partial charge in [0.15, 0.2) is 0 Å². The van der Waals surface area contributed by atoms with Crippen LogP contribution in [0.4, 0.5) is 0 Å². The Labute approximate surface area is 166 Å². The monoisotopic (exact) mass is 382 g/mol. The molecule has 0 saturated heterocycles. The van der Waals surface area contributed by atoms with E-state index < -0.39 is 5.97 Å². The number of esters is 1. The van der Waals surface area contributed by atoms with Gasteiger partial charge in [0, 0.05) is 13.3 Å². The largest absolute Gasteiger partial charge is 0.481 e. The van der Waals surface area contributed by atoms with Gasteiger partial charge in [0.2, 0.25) is 0 Å². The van der Waals surface area contributed by atoms with E-state index in [1.54, 1.807) is 0 Å². The maximum absolute atomic E-state index is 11.3. The first-order valence-corrected chi connectivity index (χ1v) is 11.1. The van der Waals surface area contributed by atoms with Gasteiger partial charge in [-0.2, -0.15) is 0 Å². The molecule has 0 aromatic rings.